The molecule has 1 N–H and O–H groups in total. The van der Waals surface area contributed by atoms with Crippen LogP contribution in [0.15, 0.2) is 108 Å². The Labute approximate surface area is 169 Å². The van der Waals surface area contributed by atoms with Crippen LogP contribution in [0.1, 0.15) is 17.5 Å². The molecule has 0 unspecified atom stereocenters. The summed E-state index contributed by atoms with van der Waals surface area (Å²) in [6, 6.07) is 33.4. The van der Waals surface area contributed by atoms with E-state index in [4.69, 9.17) is 7.16 Å². The van der Waals surface area contributed by atoms with Crippen LogP contribution in [0.25, 0.3) is 33.1 Å². The first kappa shape index (κ1) is 17.9. The van der Waals surface area contributed by atoms with Crippen LogP contribution >= 0.6 is 0 Å². The van der Waals surface area contributed by atoms with E-state index in [1.165, 1.54) is 25.6 Å². The monoisotopic (exact) mass is 372 g/mol. The van der Waals surface area contributed by atoms with Crippen LogP contribution in [-0.4, -0.2) is 5.11 Å². The Balaban J connectivity index is 0.000000184. The summed E-state index contributed by atoms with van der Waals surface area (Å²) in [6.07, 6.45) is 0. The van der Waals surface area contributed by atoms with Crippen LogP contribution in [-0.2, 0) is 0 Å². The molecule has 5 rings (SSSR count). The highest BCUT2D eigenvalue weighted by Gasteiger charge is 2.03. The van der Waals surface area contributed by atoms with Gasteiger partial charge < -0.3 is 9.52 Å². The molecule has 0 saturated heterocycles. The predicted octanol–water partition coefficient (Wildman–Crippen LogP) is 7.92. The Morgan fingerprint density at radius 1 is 0.571 bits per heavy atom. The summed E-state index contributed by atoms with van der Waals surface area (Å²) in [6.45, 7) is 0. The topological polar surface area (TPSA) is 33.4 Å². The lowest BCUT2D eigenvalue weighted by Crippen LogP contribution is -1.76. The lowest BCUT2D eigenvalue weighted by molar-refractivity contribution is 0.477. The minimum Gasteiger partial charge on any atom is -0.507 e. The number of phenolic OH excluding ortho intramolecular Hbond substituents is 1. The highest BCUT2D eigenvalue weighted by atomic mass is 16.3. The summed E-state index contributed by atoms with van der Waals surface area (Å²) in [5.74, 6) is 0.328. The molecule has 2 nitrogen and oxygen atoms in total. The first-order valence-electron chi connectivity index (χ1n) is 10.5. The van der Waals surface area contributed by atoms with Crippen molar-refractivity contribution >= 4 is 21.9 Å². The van der Waals surface area contributed by atoms with Crippen LogP contribution < -0.4 is 0 Å². The molecule has 0 spiro atoms. The lowest BCUT2D eigenvalue weighted by Gasteiger charge is -2.02. The number of furan rings is 1. The molecule has 1 aromatic heterocycles. The zero-order valence-electron chi connectivity index (χ0n) is 18.2. The number of para-hydroxylation sites is 3. The van der Waals surface area contributed by atoms with Crippen molar-refractivity contribution in [3.05, 3.63) is 103 Å². The van der Waals surface area contributed by atoms with E-state index in [9.17, 15) is 5.11 Å². The van der Waals surface area contributed by atoms with Gasteiger partial charge in [-0.1, -0.05) is 99.7 Å². The molecule has 5 aromatic rings. The molecular weight excluding hydrogens is 344 g/mol. The summed E-state index contributed by atoms with van der Waals surface area (Å²) in [5, 5.41) is 11.9. The molecule has 0 bridgehead atoms. The molecule has 0 saturated carbocycles. The third-order valence-electron chi connectivity index (χ3n) is 4.27. The Morgan fingerprint density at radius 3 is 1.61 bits per heavy atom. The van der Waals surface area contributed by atoms with Gasteiger partial charge in [0.2, 0.25) is 0 Å². The maximum atomic E-state index is 9.56. The average Bonchev–Trinajstić information content (AvgIpc) is 3.22. The molecule has 1 heterocycles. The van der Waals surface area contributed by atoms with Gasteiger partial charge >= 0.3 is 0 Å². The molecule has 2 heteroatoms. The largest absolute Gasteiger partial charge is 0.507 e. The molecule has 0 aliphatic heterocycles. The number of hydrogen-bond donors (Lipinski definition) is 1. The van der Waals surface area contributed by atoms with E-state index >= 15 is 0 Å². The Kier molecular flexibility index (Phi) is 6.02. The van der Waals surface area contributed by atoms with Crippen LogP contribution in [0.3, 0.4) is 0 Å². The van der Waals surface area contributed by atoms with Gasteiger partial charge in [0.05, 0.1) is 0 Å². The predicted molar refractivity (Wildman–Crippen MR) is 121 cm³/mol. The van der Waals surface area contributed by atoms with Crippen molar-refractivity contribution in [2.75, 3.05) is 0 Å². The van der Waals surface area contributed by atoms with E-state index in [0.29, 0.717) is 5.75 Å². The van der Waals surface area contributed by atoms with Crippen molar-refractivity contribution in [1.82, 2.24) is 0 Å². The number of hydrogen-bond acceptors (Lipinski definition) is 2. The number of benzene rings is 4. The SMILES string of the molecule is Oc1ccccc1-c1ccccc1.[2H]C.[2H]C.c1ccc2c(c1)oc1ccccc12. The molecule has 0 aliphatic carbocycles. The maximum absolute atomic E-state index is 9.56. The van der Waals surface area contributed by atoms with E-state index in [1.54, 1.807) is 6.07 Å². The minimum absolute atomic E-state index is 0.328. The van der Waals surface area contributed by atoms with Gasteiger partial charge in [-0.25, -0.2) is 0 Å². The fourth-order valence-corrected chi connectivity index (χ4v) is 3.01. The van der Waals surface area contributed by atoms with Gasteiger partial charge in [-0.2, -0.15) is 0 Å². The molecule has 142 valence electrons. The minimum atomic E-state index is 0.328. The van der Waals surface area contributed by atoms with Crippen LogP contribution in [0.2, 0.25) is 0 Å². The fraction of sp³-hybridized carbons (Fsp3) is 0.0769. The summed E-state index contributed by atoms with van der Waals surface area (Å²) in [4.78, 5) is 0. The standard InChI is InChI=1S/C12H8O.C12H10O.2CH4/c1-3-7-11-9(5-1)10-6-2-4-8-12(10)13-11;13-12-9-5-4-8-11(12)10-6-2-1-3-7-10;;/h1-8H;1-9,13H;2*1H4/i;;2*1D. The molecule has 4 aromatic carbocycles. The second kappa shape index (κ2) is 9.43. The summed E-state index contributed by atoms with van der Waals surface area (Å²) < 4.78 is 17.2. The molecule has 0 amide bonds. The normalized spacial score (nSPS) is 10.2. The Hall–Kier alpha value is -3.52. The molecule has 0 aliphatic rings. The van der Waals surface area contributed by atoms with Crippen LogP contribution in [0.5, 0.6) is 5.75 Å². The van der Waals surface area contributed by atoms with E-state index < -0.39 is 0 Å². The Bertz CT molecular complexity index is 1100. The number of phenols is 1. The molecule has 28 heavy (non-hydrogen) atoms. The van der Waals surface area contributed by atoms with Gasteiger partial charge in [0, 0.05) is 19.1 Å². The van der Waals surface area contributed by atoms with Gasteiger partial charge in [-0.15, -0.1) is 0 Å². The second-order valence-corrected chi connectivity index (χ2v) is 5.98. The van der Waals surface area contributed by atoms with E-state index in [0.717, 1.165) is 22.3 Å². The van der Waals surface area contributed by atoms with Crippen LogP contribution in [0, 0.1) is 0 Å². The third-order valence-corrected chi connectivity index (χ3v) is 4.27. The molecule has 0 fully saturated rings. The van der Waals surface area contributed by atoms with Gasteiger partial charge in [0.25, 0.3) is 0 Å². The summed E-state index contributed by atoms with van der Waals surface area (Å²) in [5.41, 5.74) is 3.84. The lowest BCUT2D eigenvalue weighted by atomic mass is 10.1. The summed E-state index contributed by atoms with van der Waals surface area (Å²) in [7, 11) is 2.50. The van der Waals surface area contributed by atoms with Crippen LogP contribution in [0.4, 0.5) is 0 Å². The molecule has 0 radical (unpaired) electrons. The van der Waals surface area contributed by atoms with E-state index in [2.05, 4.69) is 12.1 Å². The maximum Gasteiger partial charge on any atom is 0.135 e. The van der Waals surface area contributed by atoms with Crippen molar-refractivity contribution in [3.63, 3.8) is 0 Å². The average molecular weight is 373 g/mol. The third kappa shape index (κ3) is 4.24. The van der Waals surface area contributed by atoms with Gasteiger partial charge in [-0.3, -0.25) is 0 Å². The highest BCUT2D eigenvalue weighted by molar-refractivity contribution is 6.04. The van der Waals surface area contributed by atoms with Crippen molar-refractivity contribution < 1.29 is 12.3 Å². The molecule has 0 atom stereocenters. The van der Waals surface area contributed by atoms with Gasteiger partial charge in [-0.05, 0) is 23.8 Å². The zero-order chi connectivity index (χ0) is 21.8. The summed E-state index contributed by atoms with van der Waals surface area (Å²) >= 11 is 0. The Morgan fingerprint density at radius 2 is 1.04 bits per heavy atom. The van der Waals surface area contributed by atoms with Gasteiger partial charge in [0.15, 0.2) is 0 Å². The van der Waals surface area contributed by atoms with Crippen molar-refractivity contribution in [2.24, 2.45) is 0 Å². The number of fused-ring (bicyclic) bond motifs is 3. The molecular formula is C26H26O2. The smallest absolute Gasteiger partial charge is 0.135 e. The van der Waals surface area contributed by atoms with Gasteiger partial charge in [0.1, 0.15) is 16.9 Å². The quantitative estimate of drug-likeness (QED) is 0.324. The van der Waals surface area contributed by atoms with Crippen molar-refractivity contribution in [3.8, 4) is 16.9 Å². The van der Waals surface area contributed by atoms with Crippen molar-refractivity contribution in [2.45, 2.75) is 14.8 Å². The number of rotatable bonds is 1. The fourth-order valence-electron chi connectivity index (χ4n) is 3.01. The second-order valence-electron chi connectivity index (χ2n) is 5.98. The first-order valence-corrected chi connectivity index (χ1v) is 8.52. The first-order chi connectivity index (χ1) is 14.8. The number of aromatic hydroxyl groups is 1. The van der Waals surface area contributed by atoms with E-state index in [-0.39, 0.29) is 0 Å². The van der Waals surface area contributed by atoms with E-state index in [1.807, 2.05) is 84.9 Å². The zero-order valence-corrected chi connectivity index (χ0v) is 16.2. The van der Waals surface area contributed by atoms with Crippen molar-refractivity contribution in [1.29, 1.82) is 0 Å². The highest BCUT2D eigenvalue weighted by Crippen LogP contribution is 2.28.